The highest BCUT2D eigenvalue weighted by atomic mass is 16.7. The highest BCUT2D eigenvalue weighted by Gasteiger charge is 2.37. The van der Waals surface area contributed by atoms with Crippen LogP contribution in [0.5, 0.6) is 5.75 Å². The largest absolute Gasteiger partial charge is 0.506 e. The summed E-state index contributed by atoms with van der Waals surface area (Å²) in [6.45, 7) is 3.05. The molecule has 3 unspecified atom stereocenters. The van der Waals surface area contributed by atoms with Gasteiger partial charge in [-0.1, -0.05) is 37.3 Å². The van der Waals surface area contributed by atoms with Crippen LogP contribution in [0.4, 0.5) is 0 Å². The number of hydrogen-bond donors (Lipinski definition) is 6. The average molecular weight is 530 g/mol. The lowest BCUT2D eigenvalue weighted by Gasteiger charge is -2.29. The standard InChI is InChI=1S/C25H35N7O6/c1-2-13-27-23(35)20-10-6-15-31(20)24(36)19(9-5-14-28-25(26)30-32(37)38)29-22(34)18-12-11-16-7-3-4-8-17(16)21(18)33/h3-4,7-8,11-12,19-20,25,28,30,33H,2,5-6,9-10,13-15,26H2,1H3,(H,27,35)(H,29,34). The topological polar surface area (TPSA) is 192 Å². The Morgan fingerprint density at radius 2 is 1.97 bits per heavy atom. The smallest absolute Gasteiger partial charge is 0.255 e. The number of phenolic OH excluding ortho intramolecular Hbond substituents is 1. The zero-order valence-electron chi connectivity index (χ0n) is 21.3. The molecule has 13 heteroatoms. The number of benzene rings is 2. The van der Waals surface area contributed by atoms with E-state index in [2.05, 4.69) is 16.0 Å². The molecule has 0 aromatic heterocycles. The van der Waals surface area contributed by atoms with Gasteiger partial charge in [0, 0.05) is 18.5 Å². The Morgan fingerprint density at radius 3 is 2.71 bits per heavy atom. The summed E-state index contributed by atoms with van der Waals surface area (Å²) in [4.78, 5) is 51.5. The molecule has 0 radical (unpaired) electrons. The molecule has 13 nitrogen and oxygen atoms in total. The number of phenols is 1. The van der Waals surface area contributed by atoms with Gasteiger partial charge in [0.1, 0.15) is 17.8 Å². The molecule has 0 bridgehead atoms. The highest BCUT2D eigenvalue weighted by molar-refractivity contribution is 6.05. The van der Waals surface area contributed by atoms with Crippen LogP contribution in [0.25, 0.3) is 10.8 Å². The van der Waals surface area contributed by atoms with E-state index < -0.39 is 35.2 Å². The Balaban J connectivity index is 1.76. The van der Waals surface area contributed by atoms with Gasteiger partial charge in [-0.2, -0.15) is 0 Å². The summed E-state index contributed by atoms with van der Waals surface area (Å²) in [5, 5.41) is 30.1. The number of likely N-dealkylation sites (tertiary alicyclic amines) is 1. The summed E-state index contributed by atoms with van der Waals surface area (Å²) in [5.74, 6) is -1.45. The number of fused-ring (bicyclic) bond motifs is 1. The number of nitrogens with zero attached hydrogens (tertiary/aromatic N) is 2. The van der Waals surface area contributed by atoms with Gasteiger partial charge in [0.05, 0.1) is 5.56 Å². The number of aromatic hydroxyl groups is 1. The summed E-state index contributed by atoms with van der Waals surface area (Å²) in [7, 11) is 0. The molecular weight excluding hydrogens is 494 g/mol. The molecule has 3 atom stereocenters. The second kappa shape index (κ2) is 13.5. The first-order valence-electron chi connectivity index (χ1n) is 12.7. The van der Waals surface area contributed by atoms with E-state index in [1.165, 1.54) is 11.0 Å². The number of hydrazine groups is 1. The van der Waals surface area contributed by atoms with E-state index >= 15 is 0 Å². The third-order valence-corrected chi connectivity index (χ3v) is 6.41. The number of nitrogens with one attached hydrogen (secondary N) is 4. The zero-order chi connectivity index (χ0) is 27.7. The van der Waals surface area contributed by atoms with Gasteiger partial charge in [0.25, 0.3) is 5.91 Å². The monoisotopic (exact) mass is 529 g/mol. The molecule has 7 N–H and O–H groups in total. The van der Waals surface area contributed by atoms with E-state index in [4.69, 9.17) is 5.73 Å². The van der Waals surface area contributed by atoms with Gasteiger partial charge in [0.15, 0.2) is 11.3 Å². The normalized spacial score (nSPS) is 16.6. The fourth-order valence-corrected chi connectivity index (χ4v) is 4.52. The van der Waals surface area contributed by atoms with Crippen molar-refractivity contribution in [3.05, 3.63) is 52.1 Å². The quantitative estimate of drug-likeness (QED) is 0.0930. The molecule has 0 spiro atoms. The zero-order valence-corrected chi connectivity index (χ0v) is 21.3. The van der Waals surface area contributed by atoms with E-state index in [1.54, 1.807) is 18.2 Å². The van der Waals surface area contributed by atoms with Crippen LogP contribution in [-0.4, -0.2) is 70.8 Å². The maximum atomic E-state index is 13.6. The minimum atomic E-state index is -1.09. The van der Waals surface area contributed by atoms with E-state index in [1.807, 2.05) is 24.5 Å². The number of rotatable bonds is 13. The molecule has 0 saturated carbocycles. The van der Waals surface area contributed by atoms with E-state index in [-0.39, 0.29) is 30.2 Å². The van der Waals surface area contributed by atoms with Crippen LogP contribution in [0, 0.1) is 10.1 Å². The number of amides is 3. The second-order valence-electron chi connectivity index (χ2n) is 9.15. The number of carbonyl (C=O) groups excluding carboxylic acids is 3. The average Bonchev–Trinajstić information content (AvgIpc) is 3.38. The predicted molar refractivity (Wildman–Crippen MR) is 140 cm³/mol. The van der Waals surface area contributed by atoms with Crippen molar-refractivity contribution in [1.29, 1.82) is 0 Å². The van der Waals surface area contributed by atoms with Crippen molar-refractivity contribution in [2.24, 2.45) is 5.73 Å². The SMILES string of the molecule is CCCNC(=O)C1CCCN1C(=O)C(CCCNC(N)N[N+](=O)[O-])NC(=O)c1ccc2ccccc2c1O. The Labute approximate surface area is 220 Å². The maximum absolute atomic E-state index is 13.6. The molecule has 38 heavy (non-hydrogen) atoms. The fraction of sp³-hybridized carbons (Fsp3) is 0.480. The molecule has 2 aromatic rings. The molecule has 1 aliphatic heterocycles. The van der Waals surface area contributed by atoms with Gasteiger partial charge < -0.3 is 20.6 Å². The van der Waals surface area contributed by atoms with Crippen molar-refractivity contribution in [2.45, 2.75) is 57.4 Å². The second-order valence-corrected chi connectivity index (χ2v) is 9.15. The number of nitro groups is 1. The van der Waals surface area contributed by atoms with Crippen LogP contribution in [0.1, 0.15) is 49.4 Å². The van der Waals surface area contributed by atoms with Crippen molar-refractivity contribution in [1.82, 2.24) is 26.3 Å². The predicted octanol–water partition coefficient (Wildman–Crippen LogP) is 0.554. The first-order chi connectivity index (χ1) is 18.2. The van der Waals surface area contributed by atoms with Crippen LogP contribution in [0.2, 0.25) is 0 Å². The minimum Gasteiger partial charge on any atom is -0.506 e. The number of hydrogen-bond acceptors (Lipinski definition) is 8. The molecule has 1 saturated heterocycles. The molecule has 1 heterocycles. The summed E-state index contributed by atoms with van der Waals surface area (Å²) >= 11 is 0. The van der Waals surface area contributed by atoms with Crippen molar-refractivity contribution >= 4 is 28.5 Å². The number of carbonyl (C=O) groups is 3. The lowest BCUT2D eigenvalue weighted by molar-refractivity contribution is -0.552. The molecule has 1 fully saturated rings. The van der Waals surface area contributed by atoms with Crippen molar-refractivity contribution in [3.63, 3.8) is 0 Å². The first-order valence-corrected chi connectivity index (χ1v) is 12.7. The minimum absolute atomic E-state index is 0.0236. The summed E-state index contributed by atoms with van der Waals surface area (Å²) in [5.41, 5.74) is 7.48. The summed E-state index contributed by atoms with van der Waals surface area (Å²) in [6.07, 6.45) is 1.38. The van der Waals surface area contributed by atoms with Gasteiger partial charge in [-0.25, -0.2) is 10.1 Å². The third-order valence-electron chi connectivity index (χ3n) is 6.41. The van der Waals surface area contributed by atoms with Crippen LogP contribution >= 0.6 is 0 Å². The molecule has 2 aromatic carbocycles. The Bertz CT molecular complexity index is 1160. The van der Waals surface area contributed by atoms with Gasteiger partial charge in [-0.05, 0) is 50.1 Å². The Morgan fingerprint density at radius 1 is 1.21 bits per heavy atom. The van der Waals surface area contributed by atoms with E-state index in [0.29, 0.717) is 37.7 Å². The molecule has 3 rings (SSSR count). The van der Waals surface area contributed by atoms with Gasteiger partial charge in [-0.15, -0.1) is 5.43 Å². The molecule has 3 amide bonds. The van der Waals surface area contributed by atoms with Crippen LogP contribution in [0.15, 0.2) is 36.4 Å². The highest BCUT2D eigenvalue weighted by Crippen LogP contribution is 2.29. The first kappa shape index (κ1) is 28.6. The van der Waals surface area contributed by atoms with E-state index in [9.17, 15) is 29.6 Å². The summed E-state index contributed by atoms with van der Waals surface area (Å²) in [6, 6.07) is 8.66. The van der Waals surface area contributed by atoms with Crippen molar-refractivity contribution in [2.75, 3.05) is 19.6 Å². The molecular formula is C25H35N7O6. The maximum Gasteiger partial charge on any atom is 0.255 e. The van der Waals surface area contributed by atoms with Gasteiger partial charge >= 0.3 is 0 Å². The Kier molecular flexibility index (Phi) is 10.2. The van der Waals surface area contributed by atoms with Crippen LogP contribution in [-0.2, 0) is 9.59 Å². The lowest BCUT2D eigenvalue weighted by Crippen LogP contribution is -2.54. The third kappa shape index (κ3) is 7.29. The van der Waals surface area contributed by atoms with Crippen LogP contribution < -0.4 is 27.1 Å². The molecule has 206 valence electrons. The van der Waals surface area contributed by atoms with Crippen LogP contribution in [0.3, 0.4) is 0 Å². The van der Waals surface area contributed by atoms with Gasteiger partial charge in [-0.3, -0.25) is 25.4 Å². The van der Waals surface area contributed by atoms with Gasteiger partial charge in [0.2, 0.25) is 11.8 Å². The van der Waals surface area contributed by atoms with Crippen molar-refractivity contribution < 1.29 is 24.5 Å². The lowest BCUT2D eigenvalue weighted by atomic mass is 10.0. The molecule has 1 aliphatic rings. The fourth-order valence-electron chi connectivity index (χ4n) is 4.52. The number of nitrogens with two attached hydrogens (primary N) is 1. The summed E-state index contributed by atoms with van der Waals surface area (Å²) < 4.78 is 0. The Hall–Kier alpha value is -3.97. The molecule has 0 aliphatic carbocycles. The van der Waals surface area contributed by atoms with E-state index in [0.717, 1.165) is 11.8 Å². The van der Waals surface area contributed by atoms with Crippen molar-refractivity contribution in [3.8, 4) is 5.75 Å².